The summed E-state index contributed by atoms with van der Waals surface area (Å²) in [6.07, 6.45) is 4.05. The van der Waals surface area contributed by atoms with Gasteiger partial charge in [0.2, 0.25) is 0 Å². The van der Waals surface area contributed by atoms with Crippen molar-refractivity contribution in [2.24, 2.45) is 0 Å². The van der Waals surface area contributed by atoms with Gasteiger partial charge in [0, 0.05) is 12.4 Å². The largest absolute Gasteiger partial charge is 0.380 e. The van der Waals surface area contributed by atoms with E-state index in [4.69, 9.17) is 0 Å². The molecule has 0 amide bonds. The third-order valence-electron chi connectivity index (χ3n) is 2.92. The summed E-state index contributed by atoms with van der Waals surface area (Å²) < 4.78 is 0. The van der Waals surface area contributed by atoms with Gasteiger partial charge in [-0.2, -0.15) is 0 Å². The van der Waals surface area contributed by atoms with Crippen LogP contribution in [0.3, 0.4) is 0 Å². The Hall–Kier alpha value is -1.67. The van der Waals surface area contributed by atoms with Crippen LogP contribution in [-0.2, 0) is 5.60 Å². The lowest BCUT2D eigenvalue weighted by molar-refractivity contribution is 0.0764. The van der Waals surface area contributed by atoms with Crippen LogP contribution in [0, 0.1) is 0 Å². The second kappa shape index (κ2) is 4.45. The molecule has 1 aromatic heterocycles. The van der Waals surface area contributed by atoms with Crippen molar-refractivity contribution in [2.75, 3.05) is 0 Å². The van der Waals surface area contributed by atoms with Crippen LogP contribution in [0.1, 0.15) is 24.5 Å². The first-order valence-corrected chi connectivity index (χ1v) is 5.46. The molecule has 0 saturated heterocycles. The van der Waals surface area contributed by atoms with Gasteiger partial charge in [0.25, 0.3) is 0 Å². The highest BCUT2D eigenvalue weighted by Crippen LogP contribution is 2.31. The van der Waals surface area contributed by atoms with E-state index < -0.39 is 5.60 Å². The summed E-state index contributed by atoms with van der Waals surface area (Å²) >= 11 is 0. The van der Waals surface area contributed by atoms with Crippen molar-refractivity contribution in [2.45, 2.75) is 18.9 Å². The second-order valence-corrected chi connectivity index (χ2v) is 3.82. The van der Waals surface area contributed by atoms with Crippen LogP contribution in [0.15, 0.2) is 54.9 Å². The summed E-state index contributed by atoms with van der Waals surface area (Å²) in [5.74, 6) is 0. The van der Waals surface area contributed by atoms with Gasteiger partial charge in [-0.1, -0.05) is 37.3 Å². The number of rotatable bonds is 3. The molecule has 0 saturated carbocycles. The van der Waals surface area contributed by atoms with E-state index in [9.17, 15) is 5.11 Å². The molecular weight excluding hydrogens is 198 g/mol. The van der Waals surface area contributed by atoms with Crippen molar-refractivity contribution >= 4 is 0 Å². The minimum atomic E-state index is -0.913. The minimum absolute atomic E-state index is 0.640. The molecule has 16 heavy (non-hydrogen) atoms. The fourth-order valence-corrected chi connectivity index (χ4v) is 1.92. The standard InChI is InChI=1S/C14H15NO/c1-2-14(16,12-6-4-3-5-7-12)13-8-10-15-11-9-13/h3-11,16H,2H2,1H3. The molecule has 1 N–H and O–H groups in total. The molecule has 82 valence electrons. The van der Waals surface area contributed by atoms with Crippen molar-refractivity contribution in [3.05, 3.63) is 66.0 Å². The fourth-order valence-electron chi connectivity index (χ4n) is 1.92. The molecule has 0 aliphatic carbocycles. The normalized spacial score (nSPS) is 14.4. The van der Waals surface area contributed by atoms with Crippen LogP contribution < -0.4 is 0 Å². The molecule has 0 radical (unpaired) electrons. The molecule has 0 fully saturated rings. The van der Waals surface area contributed by atoms with Gasteiger partial charge in [0.1, 0.15) is 5.60 Å². The highest BCUT2D eigenvalue weighted by Gasteiger charge is 2.28. The number of hydrogen-bond donors (Lipinski definition) is 1. The average Bonchev–Trinajstić information content (AvgIpc) is 2.40. The number of benzene rings is 1. The van der Waals surface area contributed by atoms with E-state index in [-0.39, 0.29) is 0 Å². The Labute approximate surface area is 95.6 Å². The smallest absolute Gasteiger partial charge is 0.114 e. The Morgan fingerprint density at radius 1 is 1.00 bits per heavy atom. The van der Waals surface area contributed by atoms with Crippen molar-refractivity contribution in [1.82, 2.24) is 4.98 Å². The summed E-state index contributed by atoms with van der Waals surface area (Å²) in [7, 11) is 0. The fraction of sp³-hybridized carbons (Fsp3) is 0.214. The molecule has 0 aliphatic heterocycles. The lowest BCUT2D eigenvalue weighted by atomic mass is 9.85. The third kappa shape index (κ3) is 1.84. The predicted octanol–water partition coefficient (Wildman–Crippen LogP) is 2.73. The zero-order valence-electron chi connectivity index (χ0n) is 9.30. The van der Waals surface area contributed by atoms with Crippen molar-refractivity contribution < 1.29 is 5.11 Å². The molecular formula is C14H15NO. The molecule has 2 heteroatoms. The Morgan fingerprint density at radius 3 is 2.12 bits per heavy atom. The first-order chi connectivity index (χ1) is 7.77. The van der Waals surface area contributed by atoms with Crippen molar-refractivity contribution in [3.8, 4) is 0 Å². The van der Waals surface area contributed by atoms with Gasteiger partial charge in [0.05, 0.1) is 0 Å². The van der Waals surface area contributed by atoms with Crippen LogP contribution in [0.4, 0.5) is 0 Å². The van der Waals surface area contributed by atoms with Gasteiger partial charge in [0.15, 0.2) is 0 Å². The Morgan fingerprint density at radius 2 is 1.56 bits per heavy atom. The molecule has 2 aromatic rings. The molecule has 1 aromatic carbocycles. The zero-order chi connectivity index (χ0) is 11.4. The van der Waals surface area contributed by atoms with Crippen LogP contribution in [0.25, 0.3) is 0 Å². The SMILES string of the molecule is CCC(O)(c1ccccc1)c1ccncc1. The van der Waals surface area contributed by atoms with E-state index in [1.54, 1.807) is 12.4 Å². The number of aliphatic hydroxyl groups is 1. The van der Waals surface area contributed by atoms with Gasteiger partial charge >= 0.3 is 0 Å². The number of pyridine rings is 1. The zero-order valence-corrected chi connectivity index (χ0v) is 9.30. The number of hydrogen-bond acceptors (Lipinski definition) is 2. The minimum Gasteiger partial charge on any atom is -0.380 e. The van der Waals surface area contributed by atoms with E-state index in [1.807, 2.05) is 49.4 Å². The summed E-state index contributed by atoms with van der Waals surface area (Å²) in [5, 5.41) is 10.7. The number of aromatic nitrogens is 1. The molecule has 1 heterocycles. The van der Waals surface area contributed by atoms with E-state index in [1.165, 1.54) is 0 Å². The van der Waals surface area contributed by atoms with Crippen molar-refractivity contribution in [1.29, 1.82) is 0 Å². The maximum atomic E-state index is 10.7. The van der Waals surface area contributed by atoms with Gasteiger partial charge in [-0.05, 0) is 29.7 Å². The van der Waals surface area contributed by atoms with Gasteiger partial charge in [-0.3, -0.25) is 4.98 Å². The quantitative estimate of drug-likeness (QED) is 0.850. The Kier molecular flexibility index (Phi) is 3.02. The Bertz CT molecular complexity index is 399. The first-order valence-electron chi connectivity index (χ1n) is 5.46. The molecule has 2 rings (SSSR count). The summed E-state index contributed by atoms with van der Waals surface area (Å²) in [6, 6.07) is 13.4. The van der Waals surface area contributed by atoms with Crippen LogP contribution in [0.5, 0.6) is 0 Å². The number of nitrogens with zero attached hydrogens (tertiary/aromatic N) is 1. The maximum Gasteiger partial charge on any atom is 0.114 e. The highest BCUT2D eigenvalue weighted by molar-refractivity contribution is 5.34. The van der Waals surface area contributed by atoms with Crippen LogP contribution in [-0.4, -0.2) is 10.1 Å². The molecule has 1 atom stereocenters. The van der Waals surface area contributed by atoms with E-state index in [2.05, 4.69) is 4.98 Å². The van der Waals surface area contributed by atoms with E-state index >= 15 is 0 Å². The van der Waals surface area contributed by atoms with E-state index in [0.29, 0.717) is 6.42 Å². The Balaban J connectivity index is 2.49. The third-order valence-corrected chi connectivity index (χ3v) is 2.92. The van der Waals surface area contributed by atoms with Crippen LogP contribution in [0.2, 0.25) is 0 Å². The topological polar surface area (TPSA) is 33.1 Å². The highest BCUT2D eigenvalue weighted by atomic mass is 16.3. The molecule has 1 unspecified atom stereocenters. The van der Waals surface area contributed by atoms with Gasteiger partial charge < -0.3 is 5.11 Å². The van der Waals surface area contributed by atoms with Gasteiger partial charge in [-0.25, -0.2) is 0 Å². The summed E-state index contributed by atoms with van der Waals surface area (Å²) in [5.41, 5.74) is 0.893. The molecule has 0 aliphatic rings. The predicted molar refractivity (Wildman–Crippen MR) is 64.0 cm³/mol. The monoisotopic (exact) mass is 213 g/mol. The van der Waals surface area contributed by atoms with Gasteiger partial charge in [-0.15, -0.1) is 0 Å². The second-order valence-electron chi connectivity index (χ2n) is 3.82. The maximum absolute atomic E-state index is 10.7. The first kappa shape index (κ1) is 10.8. The molecule has 0 bridgehead atoms. The van der Waals surface area contributed by atoms with Crippen molar-refractivity contribution in [3.63, 3.8) is 0 Å². The lowest BCUT2D eigenvalue weighted by Gasteiger charge is -2.27. The van der Waals surface area contributed by atoms with E-state index in [0.717, 1.165) is 11.1 Å². The summed E-state index contributed by atoms with van der Waals surface area (Å²) in [4.78, 5) is 3.98. The molecule has 2 nitrogen and oxygen atoms in total. The van der Waals surface area contributed by atoms with Crippen LogP contribution >= 0.6 is 0 Å². The lowest BCUT2D eigenvalue weighted by Crippen LogP contribution is -2.26. The average molecular weight is 213 g/mol. The molecule has 0 spiro atoms. The summed E-state index contributed by atoms with van der Waals surface area (Å²) in [6.45, 7) is 1.98.